The van der Waals surface area contributed by atoms with Gasteiger partial charge in [0, 0.05) is 0 Å². The van der Waals surface area contributed by atoms with Crippen molar-refractivity contribution >= 4 is 5.97 Å². The molecule has 1 N–H and O–H groups in total. The second-order valence-electron chi connectivity index (χ2n) is 5.94. The molecular formula is C15H29NO2. The SMILES string of the molecule is CCCNC1(C(=O)OC)CCCC(C(C)C)CC1. The van der Waals surface area contributed by atoms with Crippen molar-refractivity contribution in [2.24, 2.45) is 11.8 Å². The molecule has 2 unspecified atom stereocenters. The summed E-state index contributed by atoms with van der Waals surface area (Å²) in [5.41, 5.74) is -0.422. The van der Waals surface area contributed by atoms with E-state index in [0.717, 1.165) is 44.6 Å². The van der Waals surface area contributed by atoms with Crippen LogP contribution < -0.4 is 5.32 Å². The molecule has 1 aliphatic rings. The number of methoxy groups -OCH3 is 1. The molecule has 0 bridgehead atoms. The average molecular weight is 255 g/mol. The Hall–Kier alpha value is -0.570. The number of carbonyl (C=O) groups is 1. The minimum atomic E-state index is -0.422. The smallest absolute Gasteiger partial charge is 0.326 e. The lowest BCUT2D eigenvalue weighted by Gasteiger charge is -2.31. The highest BCUT2D eigenvalue weighted by Crippen LogP contribution is 2.34. The van der Waals surface area contributed by atoms with Crippen molar-refractivity contribution in [1.29, 1.82) is 0 Å². The Morgan fingerprint density at radius 1 is 1.39 bits per heavy atom. The molecule has 0 radical (unpaired) electrons. The monoisotopic (exact) mass is 255 g/mol. The third kappa shape index (κ3) is 3.71. The van der Waals surface area contributed by atoms with E-state index in [1.54, 1.807) is 0 Å². The van der Waals surface area contributed by atoms with Gasteiger partial charge < -0.3 is 10.1 Å². The number of hydrogen-bond acceptors (Lipinski definition) is 3. The zero-order valence-electron chi connectivity index (χ0n) is 12.4. The topological polar surface area (TPSA) is 38.3 Å². The second-order valence-corrected chi connectivity index (χ2v) is 5.94. The maximum absolute atomic E-state index is 12.1. The summed E-state index contributed by atoms with van der Waals surface area (Å²) in [4.78, 5) is 12.1. The van der Waals surface area contributed by atoms with Crippen LogP contribution in [0.1, 0.15) is 59.3 Å². The lowest BCUT2D eigenvalue weighted by atomic mass is 9.86. The van der Waals surface area contributed by atoms with Gasteiger partial charge in [0.15, 0.2) is 0 Å². The summed E-state index contributed by atoms with van der Waals surface area (Å²) in [6, 6.07) is 0. The molecule has 0 aromatic carbocycles. The van der Waals surface area contributed by atoms with Gasteiger partial charge in [-0.2, -0.15) is 0 Å². The Labute approximate surface area is 112 Å². The van der Waals surface area contributed by atoms with Crippen molar-refractivity contribution in [3.05, 3.63) is 0 Å². The van der Waals surface area contributed by atoms with E-state index in [0.29, 0.717) is 5.92 Å². The number of nitrogens with one attached hydrogen (secondary N) is 1. The predicted octanol–water partition coefficient (Wildman–Crippen LogP) is 3.13. The molecule has 0 heterocycles. The van der Waals surface area contributed by atoms with Crippen molar-refractivity contribution in [3.8, 4) is 0 Å². The number of esters is 1. The standard InChI is InChI=1S/C15H29NO2/c1-5-11-16-15(14(17)18-4)9-6-7-13(8-10-15)12(2)3/h12-13,16H,5-11H2,1-4H3. The van der Waals surface area contributed by atoms with Gasteiger partial charge in [-0.05, 0) is 44.1 Å². The molecule has 106 valence electrons. The maximum Gasteiger partial charge on any atom is 0.326 e. The molecule has 2 atom stereocenters. The fraction of sp³-hybridized carbons (Fsp3) is 0.933. The third-order valence-corrected chi connectivity index (χ3v) is 4.35. The van der Waals surface area contributed by atoms with Crippen LogP contribution in [0.4, 0.5) is 0 Å². The van der Waals surface area contributed by atoms with Crippen LogP contribution in [-0.2, 0) is 9.53 Å². The number of hydrogen-bond donors (Lipinski definition) is 1. The van der Waals surface area contributed by atoms with Gasteiger partial charge in [0.2, 0.25) is 0 Å². The Kier molecular flexibility index (Phi) is 6.13. The van der Waals surface area contributed by atoms with E-state index < -0.39 is 5.54 Å². The Morgan fingerprint density at radius 3 is 2.67 bits per heavy atom. The summed E-state index contributed by atoms with van der Waals surface area (Å²) < 4.78 is 5.04. The van der Waals surface area contributed by atoms with Crippen LogP contribution in [-0.4, -0.2) is 25.2 Å². The van der Waals surface area contributed by atoms with E-state index in [-0.39, 0.29) is 5.97 Å². The van der Waals surface area contributed by atoms with Gasteiger partial charge in [0.05, 0.1) is 7.11 Å². The van der Waals surface area contributed by atoms with Gasteiger partial charge in [0.25, 0.3) is 0 Å². The van der Waals surface area contributed by atoms with Crippen molar-refractivity contribution in [1.82, 2.24) is 5.32 Å². The largest absolute Gasteiger partial charge is 0.468 e. The Bertz CT molecular complexity index is 265. The van der Waals surface area contributed by atoms with Gasteiger partial charge in [-0.3, -0.25) is 4.79 Å². The van der Waals surface area contributed by atoms with E-state index >= 15 is 0 Å². The normalized spacial score (nSPS) is 29.1. The maximum atomic E-state index is 12.1. The summed E-state index contributed by atoms with van der Waals surface area (Å²) in [5.74, 6) is 1.39. The van der Waals surface area contributed by atoms with E-state index in [1.807, 2.05) is 0 Å². The van der Waals surface area contributed by atoms with Crippen molar-refractivity contribution < 1.29 is 9.53 Å². The Balaban J connectivity index is 2.74. The quantitative estimate of drug-likeness (QED) is 0.606. The fourth-order valence-corrected chi connectivity index (χ4v) is 3.05. The molecule has 1 aliphatic carbocycles. The van der Waals surface area contributed by atoms with Crippen LogP contribution in [0, 0.1) is 11.8 Å². The van der Waals surface area contributed by atoms with Gasteiger partial charge in [-0.15, -0.1) is 0 Å². The second kappa shape index (κ2) is 7.13. The van der Waals surface area contributed by atoms with Gasteiger partial charge in [-0.1, -0.05) is 33.6 Å². The highest BCUT2D eigenvalue weighted by atomic mass is 16.5. The average Bonchev–Trinajstić information content (AvgIpc) is 2.59. The fourth-order valence-electron chi connectivity index (χ4n) is 3.05. The first kappa shape index (κ1) is 15.5. The first-order valence-corrected chi connectivity index (χ1v) is 7.39. The highest BCUT2D eigenvalue weighted by molar-refractivity contribution is 5.80. The van der Waals surface area contributed by atoms with Crippen LogP contribution in [0.15, 0.2) is 0 Å². The Morgan fingerprint density at radius 2 is 2.11 bits per heavy atom. The molecule has 1 saturated carbocycles. The molecule has 0 saturated heterocycles. The molecule has 0 spiro atoms. The first-order chi connectivity index (χ1) is 8.55. The molecule has 0 aromatic heterocycles. The minimum Gasteiger partial charge on any atom is -0.468 e. The summed E-state index contributed by atoms with van der Waals surface area (Å²) in [6.45, 7) is 7.59. The zero-order valence-corrected chi connectivity index (χ0v) is 12.4. The molecular weight excluding hydrogens is 226 g/mol. The minimum absolute atomic E-state index is 0.0691. The van der Waals surface area contributed by atoms with Crippen LogP contribution in [0.3, 0.4) is 0 Å². The molecule has 3 nitrogen and oxygen atoms in total. The number of carbonyl (C=O) groups excluding carboxylic acids is 1. The third-order valence-electron chi connectivity index (χ3n) is 4.35. The molecule has 1 fully saturated rings. The van der Waals surface area contributed by atoms with Crippen LogP contribution in [0.5, 0.6) is 0 Å². The van der Waals surface area contributed by atoms with Crippen molar-refractivity contribution in [3.63, 3.8) is 0 Å². The summed E-state index contributed by atoms with van der Waals surface area (Å²) in [6.07, 6.45) is 6.38. The van der Waals surface area contributed by atoms with E-state index in [9.17, 15) is 4.79 Å². The summed E-state index contributed by atoms with van der Waals surface area (Å²) >= 11 is 0. The van der Waals surface area contributed by atoms with Crippen molar-refractivity contribution in [2.45, 2.75) is 64.8 Å². The summed E-state index contributed by atoms with van der Waals surface area (Å²) in [7, 11) is 1.50. The predicted molar refractivity (Wildman–Crippen MR) is 74.5 cm³/mol. The molecule has 0 aliphatic heterocycles. The van der Waals surface area contributed by atoms with E-state index in [2.05, 4.69) is 26.1 Å². The van der Waals surface area contributed by atoms with Crippen LogP contribution in [0.25, 0.3) is 0 Å². The van der Waals surface area contributed by atoms with Gasteiger partial charge in [0.1, 0.15) is 5.54 Å². The lowest BCUT2D eigenvalue weighted by molar-refractivity contribution is -0.149. The number of ether oxygens (including phenoxy) is 1. The first-order valence-electron chi connectivity index (χ1n) is 7.39. The highest BCUT2D eigenvalue weighted by Gasteiger charge is 2.40. The van der Waals surface area contributed by atoms with Gasteiger partial charge in [-0.25, -0.2) is 0 Å². The molecule has 3 heteroatoms. The van der Waals surface area contributed by atoms with E-state index in [1.165, 1.54) is 13.5 Å². The van der Waals surface area contributed by atoms with Crippen LogP contribution >= 0.6 is 0 Å². The van der Waals surface area contributed by atoms with Gasteiger partial charge >= 0.3 is 5.97 Å². The van der Waals surface area contributed by atoms with Crippen LogP contribution in [0.2, 0.25) is 0 Å². The summed E-state index contributed by atoms with van der Waals surface area (Å²) in [5, 5.41) is 3.46. The van der Waals surface area contributed by atoms with Crippen molar-refractivity contribution in [2.75, 3.05) is 13.7 Å². The van der Waals surface area contributed by atoms with E-state index in [4.69, 9.17) is 4.74 Å². The number of rotatable bonds is 5. The lowest BCUT2D eigenvalue weighted by Crippen LogP contribution is -2.52. The molecule has 0 amide bonds. The molecule has 18 heavy (non-hydrogen) atoms. The molecule has 1 rings (SSSR count). The molecule has 0 aromatic rings. The zero-order chi connectivity index (χ0) is 13.6.